The van der Waals surface area contributed by atoms with Gasteiger partial charge in [-0.15, -0.1) is 0 Å². The van der Waals surface area contributed by atoms with Gasteiger partial charge in [-0.05, 0) is 44.9 Å². The summed E-state index contributed by atoms with van der Waals surface area (Å²) < 4.78 is 32.5. The van der Waals surface area contributed by atoms with Crippen LogP contribution in [-0.4, -0.2) is 59.9 Å². The van der Waals surface area contributed by atoms with E-state index in [1.807, 2.05) is 0 Å². The molecule has 12 heteroatoms. The van der Waals surface area contributed by atoms with Crippen molar-refractivity contribution >= 4 is 25.7 Å². The van der Waals surface area contributed by atoms with E-state index in [0.717, 1.165) is 70.6 Å². The number of hydrogen-bond acceptors (Lipinski definition) is 9. The van der Waals surface area contributed by atoms with E-state index in [2.05, 4.69) is 54.8 Å². The number of hydrogen-bond donors (Lipinski definition) is 3. The summed E-state index contributed by atoms with van der Waals surface area (Å²) in [7, 11) is -4.71. The number of unbranched alkanes of at least 4 members (excludes halogenated alkanes) is 14. The molecule has 0 aliphatic rings. The Morgan fingerprint density at radius 3 is 1.71 bits per heavy atom. The molecular formula is C37H66NO10P. The van der Waals surface area contributed by atoms with E-state index in [-0.39, 0.29) is 19.4 Å². The number of allylic oxidation sites excluding steroid dienone is 6. The molecule has 11 nitrogen and oxygen atoms in total. The second kappa shape index (κ2) is 32.9. The summed E-state index contributed by atoms with van der Waals surface area (Å²) in [4.78, 5) is 45.6. The molecule has 0 saturated heterocycles. The summed E-state index contributed by atoms with van der Waals surface area (Å²) in [5.41, 5.74) is 5.31. The Labute approximate surface area is 295 Å². The zero-order valence-corrected chi connectivity index (χ0v) is 31.2. The third-order valence-electron chi connectivity index (χ3n) is 7.65. The van der Waals surface area contributed by atoms with Crippen molar-refractivity contribution in [3.8, 4) is 0 Å². The fourth-order valence-corrected chi connectivity index (χ4v) is 5.50. The SMILES string of the molecule is CC/C=C/C/C=C/C/C=C/CCCCCCCC(=O)O[C@H](COC(=O)CCCCCCCCCCCC)COP(=O)(O)OC[C@H](N)C(=O)O. The van der Waals surface area contributed by atoms with Crippen molar-refractivity contribution in [1.82, 2.24) is 0 Å². The van der Waals surface area contributed by atoms with Gasteiger partial charge in [0, 0.05) is 12.8 Å². The molecule has 0 fully saturated rings. The predicted molar refractivity (Wildman–Crippen MR) is 194 cm³/mol. The highest BCUT2D eigenvalue weighted by Crippen LogP contribution is 2.43. The Kier molecular flexibility index (Phi) is 31.3. The minimum absolute atomic E-state index is 0.142. The standard InChI is InChI=1S/C37H66NO10P/c1-3-5-7-9-11-13-15-16-17-18-19-21-23-25-27-29-36(40)48-33(31-46-49(43,44)47-32-34(38)37(41)42)30-45-35(39)28-26-24-22-20-14-12-10-8-6-4-2/h5,7,11,13,16-17,33-34H,3-4,6,8-10,12,14-15,18-32,38H2,1-2H3,(H,41,42)(H,43,44)/b7-5+,13-11+,17-16+/t33-,34+/m1/s1. The number of rotatable bonds is 34. The van der Waals surface area contributed by atoms with E-state index in [1.54, 1.807) is 0 Å². The molecule has 0 heterocycles. The van der Waals surface area contributed by atoms with Gasteiger partial charge < -0.3 is 25.2 Å². The number of carbonyl (C=O) groups is 3. The molecule has 0 aromatic heterocycles. The average Bonchev–Trinajstić information content (AvgIpc) is 3.07. The molecule has 0 aliphatic heterocycles. The van der Waals surface area contributed by atoms with Crippen LogP contribution in [0, 0.1) is 0 Å². The highest BCUT2D eigenvalue weighted by molar-refractivity contribution is 7.47. The molecule has 0 rings (SSSR count). The molecule has 3 atom stereocenters. The lowest BCUT2D eigenvalue weighted by Gasteiger charge is -2.20. The van der Waals surface area contributed by atoms with Gasteiger partial charge in [0.05, 0.1) is 13.2 Å². The van der Waals surface area contributed by atoms with E-state index >= 15 is 0 Å². The molecule has 0 amide bonds. The maximum absolute atomic E-state index is 12.5. The third kappa shape index (κ3) is 32.7. The zero-order valence-electron chi connectivity index (χ0n) is 30.3. The van der Waals surface area contributed by atoms with Crippen LogP contribution in [-0.2, 0) is 37.5 Å². The summed E-state index contributed by atoms with van der Waals surface area (Å²) in [6.45, 7) is 2.63. The van der Waals surface area contributed by atoms with Crippen molar-refractivity contribution in [3.63, 3.8) is 0 Å². The molecule has 0 spiro atoms. The number of aliphatic carboxylic acids is 1. The summed E-state index contributed by atoms with van der Waals surface area (Å²) in [5, 5.41) is 8.85. The molecule has 0 aromatic rings. The smallest absolute Gasteiger partial charge is 0.472 e. The molecule has 0 aromatic carbocycles. The van der Waals surface area contributed by atoms with E-state index < -0.39 is 51.1 Å². The molecule has 0 bridgehead atoms. The molecule has 0 radical (unpaired) electrons. The Morgan fingerprint density at radius 2 is 1.14 bits per heavy atom. The molecule has 0 aliphatic carbocycles. The summed E-state index contributed by atoms with van der Waals surface area (Å²) in [6.07, 6.45) is 32.2. The maximum atomic E-state index is 12.5. The van der Waals surface area contributed by atoms with Crippen LogP contribution in [0.25, 0.3) is 0 Å². The van der Waals surface area contributed by atoms with Gasteiger partial charge in [0.15, 0.2) is 6.10 Å². The molecule has 0 saturated carbocycles. The van der Waals surface area contributed by atoms with E-state index in [0.29, 0.717) is 12.8 Å². The maximum Gasteiger partial charge on any atom is 0.472 e. The van der Waals surface area contributed by atoms with Crippen molar-refractivity contribution in [2.75, 3.05) is 19.8 Å². The van der Waals surface area contributed by atoms with Gasteiger partial charge in [0.2, 0.25) is 0 Å². The minimum atomic E-state index is -4.71. The fraction of sp³-hybridized carbons (Fsp3) is 0.757. The van der Waals surface area contributed by atoms with Crippen molar-refractivity contribution < 1.29 is 47.5 Å². The van der Waals surface area contributed by atoms with Gasteiger partial charge in [-0.3, -0.25) is 23.4 Å². The lowest BCUT2D eigenvalue weighted by Crippen LogP contribution is -2.34. The van der Waals surface area contributed by atoms with Crippen molar-refractivity contribution in [1.29, 1.82) is 0 Å². The van der Waals surface area contributed by atoms with Gasteiger partial charge in [-0.25, -0.2) is 4.57 Å². The first-order valence-corrected chi connectivity index (χ1v) is 20.0. The number of carboxylic acids is 1. The van der Waals surface area contributed by atoms with Crippen LogP contribution >= 0.6 is 7.82 Å². The first kappa shape index (κ1) is 46.7. The summed E-state index contributed by atoms with van der Waals surface area (Å²) in [5.74, 6) is -2.41. The van der Waals surface area contributed by atoms with Crippen molar-refractivity contribution in [3.05, 3.63) is 36.5 Å². The number of carbonyl (C=O) groups excluding carboxylic acids is 2. The quantitative estimate of drug-likeness (QED) is 0.0251. The van der Waals surface area contributed by atoms with Gasteiger partial charge in [0.25, 0.3) is 0 Å². The van der Waals surface area contributed by atoms with Crippen LogP contribution in [0.5, 0.6) is 0 Å². The lowest BCUT2D eigenvalue weighted by atomic mass is 10.1. The average molecular weight is 716 g/mol. The topological polar surface area (TPSA) is 172 Å². The van der Waals surface area contributed by atoms with E-state index in [1.165, 1.54) is 38.5 Å². The largest absolute Gasteiger partial charge is 0.480 e. The molecule has 1 unspecified atom stereocenters. The highest BCUT2D eigenvalue weighted by atomic mass is 31.2. The number of carboxylic acid groups (broad SMARTS) is 1. The van der Waals surface area contributed by atoms with Crippen LogP contribution in [0.4, 0.5) is 0 Å². The summed E-state index contributed by atoms with van der Waals surface area (Å²) in [6, 6.07) is -1.52. The summed E-state index contributed by atoms with van der Waals surface area (Å²) >= 11 is 0. The van der Waals surface area contributed by atoms with E-state index in [9.17, 15) is 23.8 Å². The highest BCUT2D eigenvalue weighted by Gasteiger charge is 2.28. The van der Waals surface area contributed by atoms with Crippen molar-refractivity contribution in [2.24, 2.45) is 5.73 Å². The first-order valence-electron chi connectivity index (χ1n) is 18.5. The van der Waals surface area contributed by atoms with E-state index in [4.69, 9.17) is 24.8 Å². The molecule has 4 N–H and O–H groups in total. The second-order valence-electron chi connectivity index (χ2n) is 12.3. The first-order chi connectivity index (χ1) is 23.6. The minimum Gasteiger partial charge on any atom is -0.480 e. The lowest BCUT2D eigenvalue weighted by molar-refractivity contribution is -0.161. The Balaban J connectivity index is 4.48. The predicted octanol–water partition coefficient (Wildman–Crippen LogP) is 8.89. The van der Waals surface area contributed by atoms with Crippen LogP contribution in [0.2, 0.25) is 0 Å². The fourth-order valence-electron chi connectivity index (χ4n) is 4.72. The number of phosphoric ester groups is 1. The van der Waals surface area contributed by atoms with Gasteiger partial charge in [-0.1, -0.05) is 127 Å². The number of phosphoric acid groups is 1. The van der Waals surface area contributed by atoms with Gasteiger partial charge in [-0.2, -0.15) is 0 Å². The van der Waals surface area contributed by atoms with Crippen LogP contribution < -0.4 is 5.73 Å². The molecular weight excluding hydrogens is 649 g/mol. The monoisotopic (exact) mass is 715 g/mol. The number of ether oxygens (including phenoxy) is 2. The van der Waals surface area contributed by atoms with Gasteiger partial charge in [0.1, 0.15) is 12.6 Å². The molecule has 284 valence electrons. The number of nitrogens with two attached hydrogens (primary N) is 1. The van der Waals surface area contributed by atoms with Gasteiger partial charge >= 0.3 is 25.7 Å². The Morgan fingerprint density at radius 1 is 0.653 bits per heavy atom. The van der Waals surface area contributed by atoms with Crippen LogP contribution in [0.3, 0.4) is 0 Å². The normalized spacial score (nSPS) is 14.4. The Bertz CT molecular complexity index is 984. The van der Waals surface area contributed by atoms with Crippen molar-refractivity contribution in [2.45, 2.75) is 161 Å². The second-order valence-corrected chi connectivity index (χ2v) is 13.8. The third-order valence-corrected chi connectivity index (χ3v) is 8.60. The Hall–Kier alpha value is -2.30. The molecule has 49 heavy (non-hydrogen) atoms. The number of esters is 2. The zero-order chi connectivity index (χ0) is 36.4. The van der Waals surface area contributed by atoms with Crippen LogP contribution in [0.1, 0.15) is 149 Å². The van der Waals surface area contributed by atoms with Crippen LogP contribution in [0.15, 0.2) is 36.5 Å².